The number of nitrogens with zero attached hydrogens (tertiary/aromatic N) is 2. The Labute approximate surface area is 134 Å². The van der Waals surface area contributed by atoms with Crippen LogP contribution in [0.2, 0.25) is 0 Å². The van der Waals surface area contributed by atoms with Gasteiger partial charge in [-0.3, -0.25) is 10.1 Å². The number of anilines is 1. The van der Waals surface area contributed by atoms with Crippen molar-refractivity contribution in [1.29, 1.82) is 0 Å². The number of ether oxygens (including phenoxy) is 1. The summed E-state index contributed by atoms with van der Waals surface area (Å²) in [6, 6.07) is 16.8. The van der Waals surface area contributed by atoms with E-state index in [4.69, 9.17) is 4.74 Å². The summed E-state index contributed by atoms with van der Waals surface area (Å²) < 4.78 is 7.01. The van der Waals surface area contributed by atoms with Crippen molar-refractivity contribution in [2.45, 2.75) is 0 Å². The predicted molar refractivity (Wildman–Crippen MR) is 89.6 cm³/mol. The van der Waals surface area contributed by atoms with Crippen LogP contribution in [0.25, 0.3) is 11.3 Å². The first-order valence-corrected chi connectivity index (χ1v) is 7.21. The molecule has 1 aromatic heterocycles. The molecule has 0 spiro atoms. The maximum atomic E-state index is 12.2. The fourth-order valence-corrected chi connectivity index (χ4v) is 2.32. The number of imidazole rings is 1. The lowest BCUT2D eigenvalue weighted by molar-refractivity contribution is 0.102. The maximum absolute atomic E-state index is 12.2. The van der Waals surface area contributed by atoms with E-state index in [9.17, 15) is 4.79 Å². The fraction of sp³-hybridized carbons (Fsp3) is 0.111. The van der Waals surface area contributed by atoms with Crippen LogP contribution in [-0.4, -0.2) is 22.6 Å². The largest absolute Gasteiger partial charge is 0.497 e. The number of nitrogens with one attached hydrogen (secondary N) is 1. The zero-order valence-corrected chi connectivity index (χ0v) is 13.0. The number of methoxy groups -OCH3 is 1. The van der Waals surface area contributed by atoms with E-state index in [1.165, 1.54) is 0 Å². The molecule has 3 rings (SSSR count). The number of amides is 1. The standard InChI is InChI=1S/C18H17N3O2/c1-21-16(13-8-10-15(23-2)11-9-13)12-19-18(21)20-17(22)14-6-4-3-5-7-14/h3-12H,1-2H3,(H,19,20,22). The van der Waals surface area contributed by atoms with Crippen LogP contribution < -0.4 is 10.1 Å². The number of carbonyl (C=O) groups excluding carboxylic acids is 1. The van der Waals surface area contributed by atoms with Gasteiger partial charge in [0.1, 0.15) is 5.75 Å². The van der Waals surface area contributed by atoms with Crippen LogP contribution in [0.3, 0.4) is 0 Å². The molecule has 116 valence electrons. The number of hydrogen-bond acceptors (Lipinski definition) is 3. The molecule has 0 aliphatic heterocycles. The summed E-state index contributed by atoms with van der Waals surface area (Å²) >= 11 is 0. The Bertz CT molecular complexity index is 808. The van der Waals surface area contributed by atoms with Crippen LogP contribution in [0.4, 0.5) is 5.95 Å². The van der Waals surface area contributed by atoms with Gasteiger partial charge in [0.25, 0.3) is 5.91 Å². The van der Waals surface area contributed by atoms with Crippen LogP contribution in [0.1, 0.15) is 10.4 Å². The van der Waals surface area contributed by atoms with Crippen molar-refractivity contribution in [3.8, 4) is 17.0 Å². The normalized spacial score (nSPS) is 10.3. The first kappa shape index (κ1) is 14.8. The van der Waals surface area contributed by atoms with Gasteiger partial charge in [-0.25, -0.2) is 4.98 Å². The fourth-order valence-electron chi connectivity index (χ4n) is 2.32. The molecule has 5 nitrogen and oxygen atoms in total. The molecule has 0 unspecified atom stereocenters. The van der Waals surface area contributed by atoms with Crippen LogP contribution in [-0.2, 0) is 7.05 Å². The quantitative estimate of drug-likeness (QED) is 0.804. The highest BCUT2D eigenvalue weighted by atomic mass is 16.5. The molecule has 0 saturated carbocycles. The van der Waals surface area contributed by atoms with Crippen LogP contribution in [0.15, 0.2) is 60.8 Å². The van der Waals surface area contributed by atoms with Crippen molar-refractivity contribution in [3.63, 3.8) is 0 Å². The van der Waals surface area contributed by atoms with Gasteiger partial charge in [-0.1, -0.05) is 18.2 Å². The lowest BCUT2D eigenvalue weighted by atomic mass is 10.1. The van der Waals surface area contributed by atoms with Crippen molar-refractivity contribution < 1.29 is 9.53 Å². The Morgan fingerprint density at radius 1 is 1.09 bits per heavy atom. The minimum atomic E-state index is -0.180. The molecule has 23 heavy (non-hydrogen) atoms. The molecule has 0 bridgehead atoms. The van der Waals surface area contributed by atoms with Gasteiger partial charge in [-0.05, 0) is 36.4 Å². The number of benzene rings is 2. The zero-order chi connectivity index (χ0) is 16.2. The van der Waals surface area contributed by atoms with Crippen molar-refractivity contribution in [2.75, 3.05) is 12.4 Å². The highest BCUT2D eigenvalue weighted by Crippen LogP contribution is 2.24. The average molecular weight is 307 g/mol. The Kier molecular flexibility index (Phi) is 4.10. The topological polar surface area (TPSA) is 56.1 Å². The first-order valence-electron chi connectivity index (χ1n) is 7.21. The van der Waals surface area contributed by atoms with Gasteiger partial charge in [0.15, 0.2) is 0 Å². The Morgan fingerprint density at radius 2 is 1.78 bits per heavy atom. The summed E-state index contributed by atoms with van der Waals surface area (Å²) in [4.78, 5) is 16.5. The van der Waals surface area contributed by atoms with Crippen molar-refractivity contribution in [2.24, 2.45) is 7.05 Å². The Balaban J connectivity index is 1.83. The van der Waals surface area contributed by atoms with Crippen LogP contribution in [0, 0.1) is 0 Å². The second-order valence-corrected chi connectivity index (χ2v) is 5.07. The van der Waals surface area contributed by atoms with Crippen LogP contribution >= 0.6 is 0 Å². The number of hydrogen-bond donors (Lipinski definition) is 1. The highest BCUT2D eigenvalue weighted by Gasteiger charge is 2.12. The van der Waals surface area contributed by atoms with Gasteiger partial charge in [-0.2, -0.15) is 0 Å². The van der Waals surface area contributed by atoms with E-state index in [0.717, 1.165) is 17.0 Å². The second kappa shape index (κ2) is 6.36. The summed E-state index contributed by atoms with van der Waals surface area (Å²) in [6.45, 7) is 0. The molecule has 0 aliphatic rings. The van der Waals surface area contributed by atoms with E-state index >= 15 is 0 Å². The van der Waals surface area contributed by atoms with E-state index in [0.29, 0.717) is 11.5 Å². The van der Waals surface area contributed by atoms with Gasteiger partial charge >= 0.3 is 0 Å². The molecule has 0 saturated heterocycles. The molecule has 0 fully saturated rings. The first-order chi connectivity index (χ1) is 11.2. The van der Waals surface area contributed by atoms with Gasteiger partial charge in [-0.15, -0.1) is 0 Å². The zero-order valence-electron chi connectivity index (χ0n) is 13.0. The summed E-state index contributed by atoms with van der Waals surface area (Å²) in [7, 11) is 3.50. The van der Waals surface area contributed by atoms with Crippen LogP contribution in [0.5, 0.6) is 5.75 Å². The van der Waals surface area contributed by atoms with E-state index in [1.54, 1.807) is 25.4 Å². The Hall–Kier alpha value is -3.08. The summed E-state index contributed by atoms with van der Waals surface area (Å²) in [5.74, 6) is 1.12. The second-order valence-electron chi connectivity index (χ2n) is 5.07. The lowest BCUT2D eigenvalue weighted by Gasteiger charge is -2.08. The molecule has 0 aliphatic carbocycles. The molecule has 1 N–H and O–H groups in total. The number of aromatic nitrogens is 2. The average Bonchev–Trinajstić information content (AvgIpc) is 2.96. The molecule has 2 aromatic carbocycles. The van der Waals surface area contributed by atoms with E-state index < -0.39 is 0 Å². The van der Waals surface area contributed by atoms with E-state index in [2.05, 4.69) is 10.3 Å². The van der Waals surface area contributed by atoms with Crippen molar-refractivity contribution in [1.82, 2.24) is 9.55 Å². The molecule has 1 heterocycles. The molecule has 3 aromatic rings. The minimum absolute atomic E-state index is 0.180. The van der Waals surface area contributed by atoms with Gasteiger partial charge in [0.05, 0.1) is 19.0 Å². The monoisotopic (exact) mass is 307 g/mol. The molecular formula is C18H17N3O2. The van der Waals surface area contributed by atoms with Gasteiger partial charge in [0, 0.05) is 18.2 Å². The smallest absolute Gasteiger partial charge is 0.257 e. The predicted octanol–water partition coefficient (Wildman–Crippen LogP) is 3.35. The third-order valence-electron chi connectivity index (χ3n) is 3.64. The summed E-state index contributed by atoms with van der Waals surface area (Å²) in [5.41, 5.74) is 2.51. The molecule has 5 heteroatoms. The lowest BCUT2D eigenvalue weighted by Crippen LogP contribution is -2.15. The molecule has 1 amide bonds. The van der Waals surface area contributed by atoms with Gasteiger partial charge < -0.3 is 9.30 Å². The van der Waals surface area contributed by atoms with Gasteiger partial charge in [0.2, 0.25) is 5.95 Å². The molecular weight excluding hydrogens is 290 g/mol. The van der Waals surface area contributed by atoms with E-state index in [1.807, 2.05) is 54.1 Å². The van der Waals surface area contributed by atoms with E-state index in [-0.39, 0.29) is 5.91 Å². The third-order valence-corrected chi connectivity index (χ3v) is 3.64. The van der Waals surface area contributed by atoms with Crippen molar-refractivity contribution in [3.05, 3.63) is 66.4 Å². The number of rotatable bonds is 4. The third kappa shape index (κ3) is 3.08. The highest BCUT2D eigenvalue weighted by molar-refractivity contribution is 6.03. The minimum Gasteiger partial charge on any atom is -0.497 e. The summed E-state index contributed by atoms with van der Waals surface area (Å²) in [5, 5.41) is 2.83. The molecule has 0 atom stereocenters. The number of carbonyl (C=O) groups is 1. The molecule has 0 radical (unpaired) electrons. The SMILES string of the molecule is COc1ccc(-c2cnc(NC(=O)c3ccccc3)n2C)cc1. The maximum Gasteiger partial charge on any atom is 0.257 e. The Morgan fingerprint density at radius 3 is 2.43 bits per heavy atom. The van der Waals surface area contributed by atoms with Crippen molar-refractivity contribution >= 4 is 11.9 Å². The summed E-state index contributed by atoms with van der Waals surface area (Å²) in [6.07, 6.45) is 1.74.